The molecule has 10 heteroatoms. The number of para-hydroxylation sites is 1. The number of ether oxygens (including phenoxy) is 2. The molecule has 3 amide bonds. The average molecular weight is 649 g/mol. The zero-order chi connectivity index (χ0) is 26.4. The fourth-order valence-electron chi connectivity index (χ4n) is 3.49. The lowest BCUT2D eigenvalue weighted by Gasteiger charge is -2.15. The zero-order valence-electron chi connectivity index (χ0n) is 19.7. The largest absolute Gasteiger partial charge is 0.490 e. The minimum absolute atomic E-state index is 0.223. The van der Waals surface area contributed by atoms with Crippen LogP contribution in [0.4, 0.5) is 10.5 Å². The number of carbonyl (C=O) groups excluding carboxylic acids is 3. The van der Waals surface area contributed by atoms with Crippen LogP contribution in [0.5, 0.6) is 11.5 Å². The van der Waals surface area contributed by atoms with Crippen LogP contribution in [0.25, 0.3) is 6.08 Å². The number of imide groups is 1. The summed E-state index contributed by atoms with van der Waals surface area (Å²) in [6.45, 7) is 2.17. The number of rotatable bonds is 9. The van der Waals surface area contributed by atoms with Crippen LogP contribution in [0, 0.1) is 3.57 Å². The molecule has 0 aliphatic carbocycles. The van der Waals surface area contributed by atoms with Crippen molar-refractivity contribution < 1.29 is 23.9 Å². The Bertz CT molecular complexity index is 1370. The van der Waals surface area contributed by atoms with Gasteiger partial charge in [0.05, 0.1) is 15.1 Å². The normalized spacial score (nSPS) is 14.2. The van der Waals surface area contributed by atoms with Gasteiger partial charge in [-0.15, -0.1) is 0 Å². The van der Waals surface area contributed by atoms with Gasteiger partial charge in [-0.2, -0.15) is 0 Å². The van der Waals surface area contributed by atoms with Crippen molar-refractivity contribution in [1.29, 1.82) is 0 Å². The van der Waals surface area contributed by atoms with Crippen LogP contribution in [-0.2, 0) is 16.2 Å². The van der Waals surface area contributed by atoms with E-state index in [4.69, 9.17) is 21.1 Å². The molecule has 1 fully saturated rings. The minimum Gasteiger partial charge on any atom is -0.490 e. The molecule has 0 radical (unpaired) electrons. The lowest BCUT2D eigenvalue weighted by Crippen LogP contribution is -2.36. The average Bonchev–Trinajstić information content (AvgIpc) is 3.12. The lowest BCUT2D eigenvalue weighted by atomic mass is 10.1. The number of nitrogens with one attached hydrogen (secondary N) is 1. The molecule has 1 saturated heterocycles. The second-order valence-corrected chi connectivity index (χ2v) is 10.4. The fraction of sp³-hybridized carbons (Fsp3) is 0.148. The summed E-state index contributed by atoms with van der Waals surface area (Å²) in [6.07, 6.45) is 1.61. The molecule has 4 rings (SSSR count). The molecule has 1 N–H and O–H groups in total. The van der Waals surface area contributed by atoms with Crippen LogP contribution in [0.1, 0.15) is 18.1 Å². The van der Waals surface area contributed by atoms with E-state index in [1.807, 2.05) is 37.3 Å². The van der Waals surface area contributed by atoms with E-state index in [1.54, 1.807) is 42.5 Å². The van der Waals surface area contributed by atoms with Crippen molar-refractivity contribution in [2.24, 2.45) is 0 Å². The van der Waals surface area contributed by atoms with Gasteiger partial charge >= 0.3 is 0 Å². The Morgan fingerprint density at radius 1 is 1.08 bits per heavy atom. The number of halogens is 2. The molecule has 1 aliphatic rings. The van der Waals surface area contributed by atoms with Crippen LogP contribution < -0.4 is 14.8 Å². The molecule has 37 heavy (non-hydrogen) atoms. The quantitative estimate of drug-likeness (QED) is 0.208. The van der Waals surface area contributed by atoms with Gasteiger partial charge in [0.1, 0.15) is 13.2 Å². The Labute approximate surface area is 237 Å². The molecule has 7 nitrogen and oxygen atoms in total. The first-order valence-electron chi connectivity index (χ1n) is 11.3. The molecule has 190 valence electrons. The van der Waals surface area contributed by atoms with Gasteiger partial charge in [0.2, 0.25) is 5.91 Å². The molecule has 3 aromatic rings. The van der Waals surface area contributed by atoms with E-state index in [0.717, 1.165) is 25.8 Å². The van der Waals surface area contributed by atoms with Gasteiger partial charge in [-0.05, 0) is 83.2 Å². The first-order valence-corrected chi connectivity index (χ1v) is 13.6. The van der Waals surface area contributed by atoms with Crippen molar-refractivity contribution in [3.63, 3.8) is 0 Å². The number of hydrogen-bond donors (Lipinski definition) is 1. The predicted octanol–water partition coefficient (Wildman–Crippen LogP) is 6.60. The zero-order valence-corrected chi connectivity index (χ0v) is 23.4. The van der Waals surface area contributed by atoms with Crippen molar-refractivity contribution in [3.05, 3.63) is 91.4 Å². The van der Waals surface area contributed by atoms with Crippen molar-refractivity contribution in [2.45, 2.75) is 13.5 Å². The summed E-state index contributed by atoms with van der Waals surface area (Å²) in [5.41, 5.74) is 2.10. The Kier molecular flexibility index (Phi) is 9.12. The van der Waals surface area contributed by atoms with Crippen molar-refractivity contribution >= 4 is 74.8 Å². The molecule has 0 bridgehead atoms. The summed E-state index contributed by atoms with van der Waals surface area (Å²) in [4.78, 5) is 39.0. The standard InChI is InChI=1S/C27H22ClIN2O5S/c1-2-35-22-13-17(12-21(29)25(22)36-16-18-8-6-7-11-20(18)28)14-23-26(33)31(27(34)37-23)15-24(32)30-19-9-4-3-5-10-19/h3-14H,2,15-16H2,1H3,(H,30,32)/b23-14-. The number of nitrogens with zero attached hydrogens (tertiary/aromatic N) is 1. The SMILES string of the molecule is CCOc1cc(/C=C2\SC(=O)N(CC(=O)Nc3ccccc3)C2=O)cc(I)c1OCc1ccccc1Cl. The molecule has 3 aromatic carbocycles. The van der Waals surface area contributed by atoms with E-state index in [2.05, 4.69) is 27.9 Å². The van der Waals surface area contributed by atoms with Crippen LogP contribution in [-0.4, -0.2) is 35.1 Å². The molecule has 1 heterocycles. The van der Waals surface area contributed by atoms with Crippen LogP contribution >= 0.6 is 46.0 Å². The molecule has 0 unspecified atom stereocenters. The van der Waals surface area contributed by atoms with Gasteiger partial charge in [-0.1, -0.05) is 48.0 Å². The Balaban J connectivity index is 1.50. The molecular weight excluding hydrogens is 627 g/mol. The topological polar surface area (TPSA) is 84.9 Å². The lowest BCUT2D eigenvalue weighted by molar-refractivity contribution is -0.127. The van der Waals surface area contributed by atoms with Crippen molar-refractivity contribution in [3.8, 4) is 11.5 Å². The number of benzene rings is 3. The summed E-state index contributed by atoms with van der Waals surface area (Å²) in [5.74, 6) is 0.0903. The highest BCUT2D eigenvalue weighted by atomic mass is 127. The molecular formula is C27H22ClIN2O5S. The molecule has 1 aliphatic heterocycles. The van der Waals surface area contributed by atoms with E-state index in [1.165, 1.54) is 0 Å². The van der Waals surface area contributed by atoms with E-state index < -0.39 is 17.1 Å². The number of carbonyl (C=O) groups is 3. The smallest absolute Gasteiger partial charge is 0.294 e. The molecule has 0 spiro atoms. The summed E-state index contributed by atoms with van der Waals surface area (Å²) in [7, 11) is 0. The van der Waals surface area contributed by atoms with Gasteiger partial charge in [-0.3, -0.25) is 19.3 Å². The van der Waals surface area contributed by atoms with Gasteiger partial charge in [-0.25, -0.2) is 0 Å². The van der Waals surface area contributed by atoms with Crippen LogP contribution in [0.3, 0.4) is 0 Å². The molecule has 0 atom stereocenters. The van der Waals surface area contributed by atoms with E-state index in [-0.39, 0.29) is 18.1 Å². The Morgan fingerprint density at radius 3 is 2.54 bits per heavy atom. The third-order valence-corrected chi connectivity index (χ3v) is 7.27. The van der Waals surface area contributed by atoms with Gasteiger partial charge < -0.3 is 14.8 Å². The number of anilines is 1. The monoisotopic (exact) mass is 648 g/mol. The fourth-order valence-corrected chi connectivity index (χ4v) is 5.30. The number of hydrogen-bond acceptors (Lipinski definition) is 6. The summed E-state index contributed by atoms with van der Waals surface area (Å²) in [6, 6.07) is 19.9. The summed E-state index contributed by atoms with van der Waals surface area (Å²) >= 11 is 9.18. The molecule has 0 saturated carbocycles. The summed E-state index contributed by atoms with van der Waals surface area (Å²) < 4.78 is 12.6. The maximum atomic E-state index is 12.9. The van der Waals surface area contributed by atoms with E-state index >= 15 is 0 Å². The number of amides is 3. The van der Waals surface area contributed by atoms with Gasteiger partial charge in [0.25, 0.3) is 11.1 Å². The maximum Gasteiger partial charge on any atom is 0.294 e. The summed E-state index contributed by atoms with van der Waals surface area (Å²) in [5, 5.41) is 2.79. The van der Waals surface area contributed by atoms with Crippen molar-refractivity contribution in [2.75, 3.05) is 18.5 Å². The Morgan fingerprint density at radius 2 is 1.81 bits per heavy atom. The Hall–Kier alpha value is -3.02. The first kappa shape index (κ1) is 27.0. The third kappa shape index (κ3) is 6.85. The van der Waals surface area contributed by atoms with Gasteiger partial charge in [0.15, 0.2) is 11.5 Å². The predicted molar refractivity (Wildman–Crippen MR) is 154 cm³/mol. The van der Waals surface area contributed by atoms with Crippen molar-refractivity contribution in [1.82, 2.24) is 4.90 Å². The van der Waals surface area contributed by atoms with Gasteiger partial charge in [0, 0.05) is 16.3 Å². The van der Waals surface area contributed by atoms with Crippen LogP contribution in [0.2, 0.25) is 5.02 Å². The van der Waals surface area contributed by atoms with E-state index in [0.29, 0.717) is 34.4 Å². The minimum atomic E-state index is -0.523. The second-order valence-electron chi connectivity index (χ2n) is 7.83. The third-order valence-electron chi connectivity index (χ3n) is 5.19. The first-order chi connectivity index (χ1) is 17.9. The maximum absolute atomic E-state index is 12.9. The highest BCUT2D eigenvalue weighted by Gasteiger charge is 2.36. The number of thioether (sulfide) groups is 1. The highest BCUT2D eigenvalue weighted by molar-refractivity contribution is 14.1. The highest BCUT2D eigenvalue weighted by Crippen LogP contribution is 2.38. The molecule has 0 aromatic heterocycles. The van der Waals surface area contributed by atoms with E-state index in [9.17, 15) is 14.4 Å². The van der Waals surface area contributed by atoms with Crippen LogP contribution in [0.15, 0.2) is 71.6 Å². The second kappa shape index (κ2) is 12.5.